The van der Waals surface area contributed by atoms with E-state index < -0.39 is 21.1 Å². The van der Waals surface area contributed by atoms with E-state index >= 15 is 0 Å². The Labute approximate surface area is 194 Å². The fraction of sp³-hybridized carbons (Fsp3) is 0.174. The molecule has 1 unspecified atom stereocenters. The fourth-order valence-corrected chi connectivity index (χ4v) is 6.66. The molecule has 0 fully saturated rings. The third-order valence-electron chi connectivity index (χ3n) is 5.18. The van der Waals surface area contributed by atoms with Crippen LogP contribution in [0, 0.1) is 0 Å². The van der Waals surface area contributed by atoms with Gasteiger partial charge in [0.2, 0.25) is 0 Å². The Balaban J connectivity index is 1.60. The molecule has 3 aromatic heterocycles. The minimum Gasteiger partial charge on any atom is -0.477 e. The summed E-state index contributed by atoms with van der Waals surface area (Å²) in [6, 6.07) is 12.7. The van der Waals surface area contributed by atoms with Crippen molar-refractivity contribution in [2.24, 2.45) is 0 Å². The zero-order valence-corrected chi connectivity index (χ0v) is 19.4. The predicted molar refractivity (Wildman–Crippen MR) is 126 cm³/mol. The van der Waals surface area contributed by atoms with Gasteiger partial charge < -0.3 is 5.11 Å². The molecule has 0 amide bonds. The average molecular weight is 485 g/mol. The van der Waals surface area contributed by atoms with Crippen LogP contribution in [0.2, 0.25) is 0 Å². The number of thiophene rings is 1. The van der Waals surface area contributed by atoms with Crippen molar-refractivity contribution in [2.45, 2.75) is 29.4 Å². The highest BCUT2D eigenvalue weighted by Gasteiger charge is 2.28. The van der Waals surface area contributed by atoms with E-state index in [9.17, 15) is 18.3 Å². The summed E-state index contributed by atoms with van der Waals surface area (Å²) in [6.45, 7) is 0. The first-order chi connectivity index (χ1) is 15.4. The molecule has 3 heterocycles. The van der Waals surface area contributed by atoms with E-state index in [-0.39, 0.29) is 9.77 Å². The van der Waals surface area contributed by atoms with E-state index in [0.29, 0.717) is 24.8 Å². The van der Waals surface area contributed by atoms with Crippen molar-refractivity contribution in [3.63, 3.8) is 0 Å². The molecular formula is C23H20N2O4S3. The molecule has 1 aromatic carbocycles. The largest absolute Gasteiger partial charge is 0.477 e. The number of carboxylic acid groups (broad SMARTS) is 1. The number of hydrogen-bond donors (Lipinski definition) is 1. The molecule has 0 saturated carbocycles. The molecule has 1 N–H and O–H groups in total. The Morgan fingerprint density at radius 3 is 2.50 bits per heavy atom. The second kappa shape index (κ2) is 9.72. The quantitative estimate of drug-likeness (QED) is 0.360. The number of hydrogen-bond acceptors (Lipinski definition) is 7. The van der Waals surface area contributed by atoms with Crippen LogP contribution in [0.15, 0.2) is 76.7 Å². The SMILES string of the molecule is O=C(O)c1sccc1CCC(Cc1ccc(-c2nccs2)cc1)S(=O)(=O)c1cccnc1. The molecule has 9 heteroatoms. The van der Waals surface area contributed by atoms with Crippen LogP contribution >= 0.6 is 22.7 Å². The summed E-state index contributed by atoms with van der Waals surface area (Å²) in [4.78, 5) is 20.2. The first-order valence-corrected chi connectivity index (χ1v) is 13.2. The normalized spacial score (nSPS) is 12.5. The lowest BCUT2D eigenvalue weighted by molar-refractivity contribution is 0.0701. The molecular weight excluding hydrogens is 464 g/mol. The van der Waals surface area contributed by atoms with Crippen molar-refractivity contribution in [3.8, 4) is 10.6 Å². The smallest absolute Gasteiger partial charge is 0.346 e. The topological polar surface area (TPSA) is 97.2 Å². The van der Waals surface area contributed by atoms with Gasteiger partial charge in [-0.15, -0.1) is 22.7 Å². The number of sulfone groups is 1. The summed E-state index contributed by atoms with van der Waals surface area (Å²) >= 11 is 2.70. The molecule has 0 aliphatic rings. The van der Waals surface area contributed by atoms with E-state index in [1.807, 2.05) is 29.6 Å². The van der Waals surface area contributed by atoms with Gasteiger partial charge in [-0.05, 0) is 54.0 Å². The molecule has 0 bridgehead atoms. The molecule has 4 rings (SSSR count). The number of aromatic nitrogens is 2. The lowest BCUT2D eigenvalue weighted by Crippen LogP contribution is -2.25. The van der Waals surface area contributed by atoms with Crippen molar-refractivity contribution in [3.05, 3.63) is 87.8 Å². The van der Waals surface area contributed by atoms with Crippen LogP contribution in [-0.2, 0) is 22.7 Å². The van der Waals surface area contributed by atoms with Crippen LogP contribution in [0.1, 0.15) is 27.2 Å². The summed E-state index contributed by atoms with van der Waals surface area (Å²) in [5.74, 6) is -0.987. The Kier molecular flexibility index (Phi) is 6.78. The number of aromatic carboxylic acids is 1. The van der Waals surface area contributed by atoms with Gasteiger partial charge in [0.15, 0.2) is 9.84 Å². The third kappa shape index (κ3) is 4.95. The lowest BCUT2D eigenvalue weighted by atomic mass is 10.0. The molecule has 0 saturated heterocycles. The zero-order chi connectivity index (χ0) is 22.6. The minimum atomic E-state index is -3.66. The molecule has 0 spiro atoms. The van der Waals surface area contributed by atoms with Gasteiger partial charge in [-0.2, -0.15) is 0 Å². The van der Waals surface area contributed by atoms with E-state index in [1.165, 1.54) is 12.4 Å². The van der Waals surface area contributed by atoms with Gasteiger partial charge in [0, 0.05) is 29.5 Å². The zero-order valence-electron chi connectivity index (χ0n) is 16.9. The molecule has 0 radical (unpaired) electrons. The van der Waals surface area contributed by atoms with E-state index in [4.69, 9.17) is 0 Å². The van der Waals surface area contributed by atoms with Crippen LogP contribution < -0.4 is 0 Å². The fourth-order valence-electron chi connectivity index (χ4n) is 3.52. The van der Waals surface area contributed by atoms with Gasteiger partial charge in [0.25, 0.3) is 0 Å². The number of aryl methyl sites for hydroxylation is 1. The number of benzene rings is 1. The van der Waals surface area contributed by atoms with Crippen molar-refractivity contribution in [2.75, 3.05) is 0 Å². The molecule has 1 atom stereocenters. The summed E-state index contributed by atoms with van der Waals surface area (Å²) < 4.78 is 26.8. The van der Waals surface area contributed by atoms with Crippen LogP contribution in [0.5, 0.6) is 0 Å². The van der Waals surface area contributed by atoms with E-state index in [0.717, 1.165) is 27.5 Å². The Hall–Kier alpha value is -2.88. The van der Waals surface area contributed by atoms with Crippen molar-refractivity contribution in [1.29, 1.82) is 0 Å². The Morgan fingerprint density at radius 1 is 1.03 bits per heavy atom. The number of pyridine rings is 1. The molecule has 0 aliphatic carbocycles. The van der Waals surface area contributed by atoms with E-state index in [2.05, 4.69) is 9.97 Å². The van der Waals surface area contributed by atoms with Gasteiger partial charge in [-0.25, -0.2) is 18.2 Å². The monoisotopic (exact) mass is 484 g/mol. The first-order valence-electron chi connectivity index (χ1n) is 9.87. The first kappa shape index (κ1) is 22.3. The van der Waals surface area contributed by atoms with Gasteiger partial charge in [-0.3, -0.25) is 4.98 Å². The molecule has 164 valence electrons. The molecule has 4 aromatic rings. The van der Waals surface area contributed by atoms with Crippen molar-refractivity contribution in [1.82, 2.24) is 9.97 Å². The highest BCUT2D eigenvalue weighted by Crippen LogP contribution is 2.27. The third-order valence-corrected chi connectivity index (χ3v) is 9.12. The van der Waals surface area contributed by atoms with Crippen LogP contribution in [0.3, 0.4) is 0 Å². The molecule has 0 aliphatic heterocycles. The standard InChI is InChI=1S/C23H20N2O4S3/c26-23(27)21-17(9-12-30-21)7-8-19(32(28,29)20-2-1-10-24-15-20)14-16-3-5-18(6-4-16)22-25-11-13-31-22/h1-6,9-13,15,19H,7-8,14H2,(H,26,27). The van der Waals surface area contributed by atoms with Gasteiger partial charge in [0.1, 0.15) is 9.88 Å². The Bertz CT molecular complexity index is 1280. The number of carbonyl (C=O) groups is 1. The number of rotatable bonds is 9. The number of thiazole rings is 1. The van der Waals surface area contributed by atoms with Gasteiger partial charge >= 0.3 is 5.97 Å². The van der Waals surface area contributed by atoms with Gasteiger partial charge in [-0.1, -0.05) is 24.3 Å². The predicted octanol–water partition coefficient (Wildman–Crippen LogP) is 4.98. The van der Waals surface area contributed by atoms with Crippen molar-refractivity contribution >= 4 is 38.5 Å². The van der Waals surface area contributed by atoms with Crippen LogP contribution in [0.25, 0.3) is 10.6 Å². The van der Waals surface area contributed by atoms with Crippen LogP contribution in [-0.4, -0.2) is 34.7 Å². The lowest BCUT2D eigenvalue weighted by Gasteiger charge is -2.18. The maximum Gasteiger partial charge on any atom is 0.346 e. The highest BCUT2D eigenvalue weighted by molar-refractivity contribution is 7.92. The molecule has 6 nitrogen and oxygen atoms in total. The van der Waals surface area contributed by atoms with Crippen LogP contribution in [0.4, 0.5) is 0 Å². The molecule has 32 heavy (non-hydrogen) atoms. The minimum absolute atomic E-state index is 0.174. The summed E-state index contributed by atoms with van der Waals surface area (Å²) in [6.07, 6.45) is 5.65. The summed E-state index contributed by atoms with van der Waals surface area (Å²) in [7, 11) is -3.66. The van der Waals surface area contributed by atoms with Crippen molar-refractivity contribution < 1.29 is 18.3 Å². The summed E-state index contributed by atoms with van der Waals surface area (Å²) in [5, 5.41) is 13.2. The second-order valence-corrected chi connectivity index (χ2v) is 11.3. The van der Waals surface area contributed by atoms with E-state index in [1.54, 1.807) is 41.1 Å². The second-order valence-electron chi connectivity index (χ2n) is 7.21. The number of nitrogens with zero attached hydrogens (tertiary/aromatic N) is 2. The summed E-state index contributed by atoms with van der Waals surface area (Å²) in [5.41, 5.74) is 2.54. The van der Waals surface area contributed by atoms with Gasteiger partial charge in [0.05, 0.1) is 10.1 Å². The average Bonchev–Trinajstić information content (AvgIpc) is 3.50. The number of carboxylic acids is 1. The maximum atomic E-state index is 13.4. The maximum absolute atomic E-state index is 13.4. The highest BCUT2D eigenvalue weighted by atomic mass is 32.2. The Morgan fingerprint density at radius 2 is 1.84 bits per heavy atom.